The number of fused-ring (bicyclic) bond motifs is 1. The molecule has 1 N–H and O–H groups in total. The quantitative estimate of drug-likeness (QED) is 0.410. The molecular weight excluding hydrogens is 346 g/mol. The number of carbonyl (C=O) groups excluding carboxylic acids is 1. The van der Waals surface area contributed by atoms with E-state index in [1.807, 2.05) is 61.5 Å². The zero-order valence-corrected chi connectivity index (χ0v) is 15.4. The molecular formula is C20H19N3O2S. The van der Waals surface area contributed by atoms with Crippen LogP contribution in [0, 0.1) is 6.92 Å². The van der Waals surface area contributed by atoms with Crippen molar-refractivity contribution in [2.75, 3.05) is 12.9 Å². The largest absolute Gasteiger partial charge is 0.496 e. The second-order valence-electron chi connectivity index (χ2n) is 5.60. The highest BCUT2D eigenvalue weighted by molar-refractivity contribution is 8.00. The Morgan fingerprint density at radius 2 is 2.00 bits per heavy atom. The fourth-order valence-corrected chi connectivity index (χ4v) is 3.44. The number of nitrogens with one attached hydrogen (secondary N) is 1. The molecule has 3 rings (SSSR count). The highest BCUT2D eigenvalue weighted by Gasteiger charge is 2.07. The Kier molecular flexibility index (Phi) is 5.86. The number of aryl methyl sites for hydroxylation is 1. The molecule has 26 heavy (non-hydrogen) atoms. The number of benzene rings is 2. The summed E-state index contributed by atoms with van der Waals surface area (Å²) in [7, 11) is 1.60. The average Bonchev–Trinajstić information content (AvgIpc) is 2.66. The number of rotatable bonds is 6. The first-order valence-electron chi connectivity index (χ1n) is 8.11. The maximum Gasteiger partial charge on any atom is 0.250 e. The first-order valence-corrected chi connectivity index (χ1v) is 9.10. The van der Waals surface area contributed by atoms with Gasteiger partial charge >= 0.3 is 0 Å². The predicted molar refractivity (Wildman–Crippen MR) is 106 cm³/mol. The summed E-state index contributed by atoms with van der Waals surface area (Å²) in [6.07, 6.45) is 1.58. The van der Waals surface area contributed by atoms with Crippen molar-refractivity contribution in [2.45, 2.75) is 11.8 Å². The Morgan fingerprint density at radius 3 is 2.85 bits per heavy atom. The second kappa shape index (κ2) is 8.49. The van der Waals surface area contributed by atoms with E-state index in [0.29, 0.717) is 5.75 Å². The van der Waals surface area contributed by atoms with Crippen LogP contribution in [0.5, 0.6) is 5.75 Å². The topological polar surface area (TPSA) is 63.6 Å². The molecule has 0 radical (unpaired) electrons. The maximum absolute atomic E-state index is 12.1. The maximum atomic E-state index is 12.1. The smallest absolute Gasteiger partial charge is 0.250 e. The molecule has 0 saturated carbocycles. The van der Waals surface area contributed by atoms with Crippen LogP contribution in [0.3, 0.4) is 0 Å². The van der Waals surface area contributed by atoms with Crippen molar-refractivity contribution < 1.29 is 9.53 Å². The van der Waals surface area contributed by atoms with Gasteiger partial charge < -0.3 is 4.74 Å². The minimum absolute atomic E-state index is 0.167. The van der Waals surface area contributed by atoms with Gasteiger partial charge in [-0.2, -0.15) is 5.10 Å². The lowest BCUT2D eigenvalue weighted by Gasteiger charge is -2.07. The van der Waals surface area contributed by atoms with Crippen molar-refractivity contribution in [3.63, 3.8) is 0 Å². The molecule has 1 heterocycles. The van der Waals surface area contributed by atoms with Crippen molar-refractivity contribution in [1.82, 2.24) is 10.4 Å². The molecule has 0 fully saturated rings. The predicted octanol–water partition coefficient (Wildman–Crippen LogP) is 3.79. The highest BCUT2D eigenvalue weighted by atomic mass is 32.2. The van der Waals surface area contributed by atoms with Crippen LogP contribution in [-0.4, -0.2) is 30.0 Å². The van der Waals surface area contributed by atoms with E-state index in [2.05, 4.69) is 15.5 Å². The molecule has 6 heteroatoms. The lowest BCUT2D eigenvalue weighted by molar-refractivity contribution is -0.118. The lowest BCUT2D eigenvalue weighted by Crippen LogP contribution is -2.19. The Labute approximate surface area is 156 Å². The third kappa shape index (κ3) is 4.40. The van der Waals surface area contributed by atoms with Gasteiger partial charge in [-0.25, -0.2) is 5.43 Å². The number of pyridine rings is 1. The van der Waals surface area contributed by atoms with E-state index in [-0.39, 0.29) is 11.7 Å². The van der Waals surface area contributed by atoms with Crippen molar-refractivity contribution in [1.29, 1.82) is 0 Å². The summed E-state index contributed by atoms with van der Waals surface area (Å²) < 4.78 is 5.25. The number of hydrogen-bond acceptors (Lipinski definition) is 5. The molecule has 0 atom stereocenters. The SMILES string of the molecule is COc1ccccc1/C=N/NC(=O)CSc1cc(C)nc2ccccc12. The van der Waals surface area contributed by atoms with Gasteiger partial charge in [0.25, 0.3) is 0 Å². The Morgan fingerprint density at radius 1 is 1.23 bits per heavy atom. The number of carbonyl (C=O) groups is 1. The van der Waals surface area contributed by atoms with Crippen molar-refractivity contribution >= 4 is 34.8 Å². The van der Waals surface area contributed by atoms with Gasteiger partial charge in [-0.1, -0.05) is 30.3 Å². The normalized spacial score (nSPS) is 11.0. The van der Waals surface area contributed by atoms with Gasteiger partial charge in [-0.05, 0) is 31.2 Å². The van der Waals surface area contributed by atoms with Gasteiger partial charge in [0, 0.05) is 21.5 Å². The third-order valence-electron chi connectivity index (χ3n) is 3.70. The van der Waals surface area contributed by atoms with Crippen LogP contribution in [0.15, 0.2) is 64.6 Å². The molecule has 1 amide bonds. The zero-order chi connectivity index (χ0) is 18.4. The zero-order valence-electron chi connectivity index (χ0n) is 14.6. The summed E-state index contributed by atoms with van der Waals surface area (Å²) in [5, 5.41) is 5.06. The molecule has 0 unspecified atom stereocenters. The summed E-state index contributed by atoms with van der Waals surface area (Å²) in [4.78, 5) is 17.6. The second-order valence-corrected chi connectivity index (χ2v) is 6.62. The van der Waals surface area contributed by atoms with Gasteiger partial charge in [-0.3, -0.25) is 9.78 Å². The van der Waals surface area contributed by atoms with Crippen LogP contribution in [0.1, 0.15) is 11.3 Å². The molecule has 0 aliphatic heterocycles. The van der Waals surface area contributed by atoms with E-state index >= 15 is 0 Å². The summed E-state index contributed by atoms with van der Waals surface area (Å²) in [5.41, 5.74) is 5.22. The van der Waals surface area contributed by atoms with Gasteiger partial charge in [0.2, 0.25) is 5.91 Å². The van der Waals surface area contributed by atoms with Crippen molar-refractivity contribution in [3.8, 4) is 5.75 Å². The fourth-order valence-electron chi connectivity index (χ4n) is 2.51. The van der Waals surface area contributed by atoms with E-state index < -0.39 is 0 Å². The third-order valence-corrected chi connectivity index (χ3v) is 4.75. The highest BCUT2D eigenvalue weighted by Crippen LogP contribution is 2.27. The summed E-state index contributed by atoms with van der Waals surface area (Å²) in [6.45, 7) is 1.95. The van der Waals surface area contributed by atoms with E-state index in [9.17, 15) is 4.79 Å². The molecule has 0 spiro atoms. The number of para-hydroxylation sites is 2. The van der Waals surface area contributed by atoms with E-state index in [1.54, 1.807) is 13.3 Å². The first-order chi connectivity index (χ1) is 12.7. The number of nitrogens with zero attached hydrogens (tertiary/aromatic N) is 2. The first kappa shape index (κ1) is 17.9. The molecule has 0 saturated heterocycles. The van der Waals surface area contributed by atoms with Crippen LogP contribution in [-0.2, 0) is 4.79 Å². The van der Waals surface area contributed by atoms with E-state index in [1.165, 1.54) is 11.8 Å². The standard InChI is InChI=1S/C20H19N3O2S/c1-14-11-19(16-8-4-5-9-17(16)22-14)26-13-20(24)23-21-12-15-7-3-6-10-18(15)25-2/h3-12H,13H2,1-2H3,(H,23,24)/b21-12+. The minimum atomic E-state index is -0.167. The average molecular weight is 365 g/mol. The molecule has 132 valence electrons. The van der Waals surface area contributed by atoms with Crippen LogP contribution in [0.2, 0.25) is 0 Å². The van der Waals surface area contributed by atoms with Crippen LogP contribution in [0.4, 0.5) is 0 Å². The lowest BCUT2D eigenvalue weighted by atomic mass is 10.2. The molecule has 1 aromatic heterocycles. The molecule has 5 nitrogen and oxygen atoms in total. The summed E-state index contributed by atoms with van der Waals surface area (Å²) in [6, 6.07) is 17.4. The van der Waals surface area contributed by atoms with Gasteiger partial charge in [-0.15, -0.1) is 11.8 Å². The Hall–Kier alpha value is -2.86. The van der Waals surface area contributed by atoms with Gasteiger partial charge in [0.1, 0.15) is 5.75 Å². The monoisotopic (exact) mass is 365 g/mol. The molecule has 0 bridgehead atoms. The number of thioether (sulfide) groups is 1. The number of amides is 1. The van der Waals surface area contributed by atoms with Crippen LogP contribution >= 0.6 is 11.8 Å². The fraction of sp³-hybridized carbons (Fsp3) is 0.150. The number of hydrazone groups is 1. The molecule has 2 aromatic carbocycles. The molecule has 3 aromatic rings. The summed E-state index contributed by atoms with van der Waals surface area (Å²) in [5.74, 6) is 0.815. The molecule has 0 aliphatic carbocycles. The van der Waals surface area contributed by atoms with Gasteiger partial charge in [0.05, 0.1) is 24.6 Å². The number of hydrogen-bond donors (Lipinski definition) is 1. The Balaban J connectivity index is 1.62. The molecule has 0 aliphatic rings. The van der Waals surface area contributed by atoms with E-state index in [0.717, 1.165) is 27.1 Å². The van der Waals surface area contributed by atoms with Gasteiger partial charge in [0.15, 0.2) is 0 Å². The van der Waals surface area contributed by atoms with E-state index in [4.69, 9.17) is 4.74 Å². The minimum Gasteiger partial charge on any atom is -0.496 e. The van der Waals surface area contributed by atoms with Crippen molar-refractivity contribution in [3.05, 3.63) is 65.9 Å². The van der Waals surface area contributed by atoms with Crippen LogP contribution < -0.4 is 10.2 Å². The number of aromatic nitrogens is 1. The number of methoxy groups -OCH3 is 1. The van der Waals surface area contributed by atoms with Crippen LogP contribution in [0.25, 0.3) is 10.9 Å². The number of ether oxygens (including phenoxy) is 1. The Bertz CT molecular complexity index is 957. The van der Waals surface area contributed by atoms with Crippen molar-refractivity contribution in [2.24, 2.45) is 5.10 Å². The summed E-state index contributed by atoms with van der Waals surface area (Å²) >= 11 is 1.48.